The summed E-state index contributed by atoms with van der Waals surface area (Å²) in [7, 11) is 0. The predicted octanol–water partition coefficient (Wildman–Crippen LogP) is 2.31. The monoisotopic (exact) mass is 313 g/mol. The van der Waals surface area contributed by atoms with Crippen molar-refractivity contribution in [3.8, 4) is 0 Å². The molecule has 5 heteroatoms. The quantitative estimate of drug-likeness (QED) is 0.942. The highest BCUT2D eigenvalue weighted by atomic mass is 16.3. The van der Waals surface area contributed by atoms with Gasteiger partial charge in [0.05, 0.1) is 18.0 Å². The van der Waals surface area contributed by atoms with Crippen molar-refractivity contribution in [3.63, 3.8) is 0 Å². The van der Waals surface area contributed by atoms with Crippen LogP contribution in [0.2, 0.25) is 0 Å². The Labute approximate surface area is 136 Å². The van der Waals surface area contributed by atoms with Crippen molar-refractivity contribution in [3.05, 3.63) is 54.1 Å². The number of amides is 1. The van der Waals surface area contributed by atoms with Crippen molar-refractivity contribution in [1.29, 1.82) is 0 Å². The molecule has 122 valence electrons. The molecule has 0 bridgehead atoms. The van der Waals surface area contributed by atoms with Gasteiger partial charge in [-0.25, -0.2) is 4.98 Å². The maximum Gasteiger partial charge on any atom is 0.254 e. The molecule has 0 radical (unpaired) electrons. The van der Waals surface area contributed by atoms with E-state index in [1.807, 2.05) is 39.9 Å². The molecular weight excluding hydrogens is 290 g/mol. The van der Waals surface area contributed by atoms with Crippen LogP contribution in [-0.4, -0.2) is 43.7 Å². The Kier molecular flexibility index (Phi) is 4.22. The van der Waals surface area contributed by atoms with Gasteiger partial charge in [0.2, 0.25) is 0 Å². The zero-order valence-electron chi connectivity index (χ0n) is 13.6. The average molecular weight is 313 g/mol. The van der Waals surface area contributed by atoms with Gasteiger partial charge in [0.25, 0.3) is 5.91 Å². The van der Waals surface area contributed by atoms with Gasteiger partial charge in [0, 0.05) is 31.0 Å². The molecule has 1 atom stereocenters. The molecule has 3 rings (SSSR count). The molecule has 1 fully saturated rings. The molecule has 1 amide bonds. The lowest BCUT2D eigenvalue weighted by Crippen LogP contribution is -2.48. The summed E-state index contributed by atoms with van der Waals surface area (Å²) < 4.78 is 1.99. The standard InChI is InChI=1S/C18H23N3O2/c1-18(2,23)16-4-3-10-21(16)17(22)15-7-5-14(6-8-15)12-20-11-9-19-13-20/h5-9,11,13,16,23H,3-4,10,12H2,1-2H3. The summed E-state index contributed by atoms with van der Waals surface area (Å²) in [5, 5.41) is 10.3. The second kappa shape index (κ2) is 6.16. The van der Waals surface area contributed by atoms with Crippen molar-refractivity contribution in [2.24, 2.45) is 0 Å². The van der Waals surface area contributed by atoms with Gasteiger partial charge >= 0.3 is 0 Å². The molecule has 1 aliphatic rings. The molecule has 1 aromatic carbocycles. The smallest absolute Gasteiger partial charge is 0.254 e. The number of likely N-dealkylation sites (tertiary alicyclic amines) is 1. The predicted molar refractivity (Wildman–Crippen MR) is 88.1 cm³/mol. The second-order valence-corrected chi connectivity index (χ2v) is 6.74. The number of nitrogens with zero attached hydrogens (tertiary/aromatic N) is 3. The summed E-state index contributed by atoms with van der Waals surface area (Å²) >= 11 is 0. The number of hydrogen-bond acceptors (Lipinski definition) is 3. The van der Waals surface area contributed by atoms with Gasteiger partial charge in [-0.15, -0.1) is 0 Å². The maximum absolute atomic E-state index is 12.7. The number of rotatable bonds is 4. The van der Waals surface area contributed by atoms with E-state index in [4.69, 9.17) is 0 Å². The van der Waals surface area contributed by atoms with Crippen LogP contribution in [0.25, 0.3) is 0 Å². The zero-order chi connectivity index (χ0) is 16.4. The van der Waals surface area contributed by atoms with E-state index in [1.165, 1.54) is 0 Å². The Morgan fingerprint density at radius 2 is 2.09 bits per heavy atom. The summed E-state index contributed by atoms with van der Waals surface area (Å²) in [6.45, 7) is 5.00. The highest BCUT2D eigenvalue weighted by molar-refractivity contribution is 5.94. The minimum absolute atomic E-state index is 0.00352. The first-order valence-electron chi connectivity index (χ1n) is 8.03. The van der Waals surface area contributed by atoms with E-state index in [2.05, 4.69) is 4.98 Å². The fourth-order valence-corrected chi connectivity index (χ4v) is 3.25. The van der Waals surface area contributed by atoms with Gasteiger partial charge < -0.3 is 14.6 Å². The molecule has 1 aromatic heterocycles. The number of benzene rings is 1. The Balaban J connectivity index is 1.72. The van der Waals surface area contributed by atoms with Crippen molar-refractivity contribution in [2.45, 2.75) is 44.9 Å². The van der Waals surface area contributed by atoms with Gasteiger partial charge in [-0.1, -0.05) is 12.1 Å². The van der Waals surface area contributed by atoms with Gasteiger partial charge in [-0.3, -0.25) is 4.79 Å². The van der Waals surface area contributed by atoms with E-state index >= 15 is 0 Å². The van der Waals surface area contributed by atoms with Crippen LogP contribution in [-0.2, 0) is 6.54 Å². The van der Waals surface area contributed by atoms with Gasteiger partial charge in [-0.2, -0.15) is 0 Å². The molecule has 0 spiro atoms. The Hall–Kier alpha value is -2.14. The second-order valence-electron chi connectivity index (χ2n) is 6.74. The summed E-state index contributed by atoms with van der Waals surface area (Å²) in [5.41, 5.74) is 0.934. The summed E-state index contributed by atoms with van der Waals surface area (Å²) in [6.07, 6.45) is 7.24. The van der Waals surface area contributed by atoms with Crippen molar-refractivity contribution < 1.29 is 9.90 Å². The molecular formula is C18H23N3O2. The normalized spacial score (nSPS) is 18.4. The van der Waals surface area contributed by atoms with Crippen LogP contribution in [0.1, 0.15) is 42.6 Å². The molecule has 0 aliphatic carbocycles. The fourth-order valence-electron chi connectivity index (χ4n) is 3.25. The number of hydrogen-bond donors (Lipinski definition) is 1. The van der Waals surface area contributed by atoms with E-state index in [0.29, 0.717) is 12.1 Å². The third-order valence-electron chi connectivity index (χ3n) is 4.45. The largest absolute Gasteiger partial charge is 0.388 e. The molecule has 2 aromatic rings. The molecule has 2 heterocycles. The number of carbonyl (C=O) groups excluding carboxylic acids is 1. The van der Waals surface area contributed by atoms with Gasteiger partial charge in [0.1, 0.15) is 0 Å². The maximum atomic E-state index is 12.7. The molecule has 1 saturated heterocycles. The molecule has 1 N–H and O–H groups in total. The first-order valence-corrected chi connectivity index (χ1v) is 8.03. The van der Waals surface area contributed by atoms with Gasteiger partial charge in [0.15, 0.2) is 0 Å². The minimum atomic E-state index is -0.868. The summed E-state index contributed by atoms with van der Waals surface area (Å²) in [6, 6.07) is 7.58. The van der Waals surface area contributed by atoms with E-state index in [9.17, 15) is 9.90 Å². The van der Waals surface area contributed by atoms with Crippen LogP contribution >= 0.6 is 0 Å². The first kappa shape index (κ1) is 15.7. The fraction of sp³-hybridized carbons (Fsp3) is 0.444. The summed E-state index contributed by atoms with van der Waals surface area (Å²) in [4.78, 5) is 18.6. The number of aromatic nitrogens is 2. The number of imidazole rings is 1. The van der Waals surface area contributed by atoms with E-state index < -0.39 is 5.60 Å². The molecule has 1 aliphatic heterocycles. The molecule has 5 nitrogen and oxygen atoms in total. The molecule has 23 heavy (non-hydrogen) atoms. The van der Waals surface area contributed by atoms with Crippen molar-refractivity contribution in [2.75, 3.05) is 6.54 Å². The minimum Gasteiger partial charge on any atom is -0.388 e. The van der Waals surface area contributed by atoms with Crippen LogP contribution in [0.5, 0.6) is 0 Å². The third kappa shape index (κ3) is 3.45. The molecule has 1 unspecified atom stereocenters. The van der Waals surface area contributed by atoms with Crippen LogP contribution in [0.3, 0.4) is 0 Å². The van der Waals surface area contributed by atoms with E-state index in [-0.39, 0.29) is 11.9 Å². The zero-order valence-corrected chi connectivity index (χ0v) is 13.6. The Bertz CT molecular complexity index is 657. The average Bonchev–Trinajstić information content (AvgIpc) is 3.18. The van der Waals surface area contributed by atoms with Crippen molar-refractivity contribution >= 4 is 5.91 Å². The highest BCUT2D eigenvalue weighted by Crippen LogP contribution is 2.28. The highest BCUT2D eigenvalue weighted by Gasteiger charge is 2.38. The molecule has 0 saturated carbocycles. The van der Waals surface area contributed by atoms with Crippen LogP contribution in [0.15, 0.2) is 43.0 Å². The van der Waals surface area contributed by atoms with Gasteiger partial charge in [-0.05, 0) is 44.4 Å². The lowest BCUT2D eigenvalue weighted by atomic mass is 9.96. The first-order chi connectivity index (χ1) is 10.9. The Morgan fingerprint density at radius 3 is 2.70 bits per heavy atom. The number of carbonyl (C=O) groups is 1. The lowest BCUT2D eigenvalue weighted by Gasteiger charge is -2.33. The third-order valence-corrected chi connectivity index (χ3v) is 4.45. The SMILES string of the molecule is CC(C)(O)C1CCCN1C(=O)c1ccc(Cn2ccnc2)cc1. The van der Waals surface area contributed by atoms with Crippen molar-refractivity contribution in [1.82, 2.24) is 14.5 Å². The Morgan fingerprint density at radius 1 is 1.35 bits per heavy atom. The lowest BCUT2D eigenvalue weighted by molar-refractivity contribution is 0.000335. The van der Waals surface area contributed by atoms with Crippen LogP contribution in [0.4, 0.5) is 0 Å². The number of aliphatic hydroxyl groups is 1. The van der Waals surface area contributed by atoms with E-state index in [1.54, 1.807) is 26.4 Å². The van der Waals surface area contributed by atoms with Crippen LogP contribution < -0.4 is 0 Å². The summed E-state index contributed by atoms with van der Waals surface area (Å²) in [5.74, 6) is 0.00352. The van der Waals surface area contributed by atoms with Crippen LogP contribution in [0, 0.1) is 0 Å². The topological polar surface area (TPSA) is 58.4 Å². The van der Waals surface area contributed by atoms with E-state index in [0.717, 1.165) is 24.9 Å².